The Bertz CT molecular complexity index is 565. The summed E-state index contributed by atoms with van der Waals surface area (Å²) in [7, 11) is -4.64. The summed E-state index contributed by atoms with van der Waals surface area (Å²) >= 11 is 0. The van der Waals surface area contributed by atoms with Gasteiger partial charge in [-0.05, 0) is 50.5 Å². The Labute approximate surface area is 321 Å². The third-order valence-corrected chi connectivity index (χ3v) is 10.1. The number of unbranched alkanes of at least 4 members (excludes halogenated alkanes) is 25. The Morgan fingerprint density at radius 2 is 0.588 bits per heavy atom. The quantitative estimate of drug-likeness (QED) is 0.0369. The molecule has 0 aromatic rings. The monoisotopic (exact) mass is 750 g/mol. The van der Waals surface area contributed by atoms with Gasteiger partial charge in [-0.1, -0.05) is 221 Å². The molecule has 0 radical (unpaired) electrons. The van der Waals surface area contributed by atoms with E-state index in [1.54, 1.807) is 0 Å². The molecule has 0 unspecified atom stereocenters. The molecule has 51 heavy (non-hydrogen) atoms. The highest BCUT2D eigenvalue weighted by atomic mass is 31.2. The number of nitrogens with two attached hydrogens (primary N) is 1. The zero-order valence-electron chi connectivity index (χ0n) is 35.5. The summed E-state index contributed by atoms with van der Waals surface area (Å²) in [6.07, 6.45) is 47.7. The molecule has 0 heterocycles. The summed E-state index contributed by atoms with van der Waals surface area (Å²) in [5, 5.41) is 0. The SMILES string of the molecule is CCCCCCCCC(CCCCCCCC)COCC(CCCCCCCC)CCCCCCCC.CCCCCCCCN.O=P(O)(O)O. The van der Waals surface area contributed by atoms with E-state index < -0.39 is 7.82 Å². The van der Waals surface area contributed by atoms with Crippen LogP contribution in [0.1, 0.15) is 253 Å². The molecular weight excluding hydrogens is 653 g/mol. The van der Waals surface area contributed by atoms with Crippen LogP contribution in [0.2, 0.25) is 0 Å². The summed E-state index contributed by atoms with van der Waals surface area (Å²) in [5.74, 6) is 1.61. The van der Waals surface area contributed by atoms with Crippen molar-refractivity contribution in [3.05, 3.63) is 0 Å². The van der Waals surface area contributed by atoms with E-state index >= 15 is 0 Å². The highest BCUT2D eigenvalue weighted by Crippen LogP contribution is 2.26. The van der Waals surface area contributed by atoms with Crippen molar-refractivity contribution in [3.63, 3.8) is 0 Å². The van der Waals surface area contributed by atoms with Crippen LogP contribution in [0.5, 0.6) is 0 Å². The molecule has 312 valence electrons. The van der Waals surface area contributed by atoms with Gasteiger partial charge in [0.05, 0.1) is 0 Å². The van der Waals surface area contributed by atoms with Gasteiger partial charge in [-0.2, -0.15) is 0 Å². The fourth-order valence-corrected chi connectivity index (χ4v) is 6.80. The standard InChI is InChI=1S/C36H74O.C8H19N.H3O4P/c1-5-9-13-17-21-25-29-35(30-26-22-18-14-10-6-2)33-37-34-36(31-27-23-19-15-11-7-3)32-28-24-20-16-12-8-4;1-2-3-4-5-6-7-8-9;1-5(2,3)4/h35-36H,5-34H2,1-4H3;2-9H2,1H3;(H3,1,2,3,4). The smallest absolute Gasteiger partial charge is 0.381 e. The van der Waals surface area contributed by atoms with Gasteiger partial charge in [0.2, 0.25) is 0 Å². The molecule has 0 amide bonds. The first-order valence-corrected chi connectivity index (χ1v) is 24.3. The summed E-state index contributed by atoms with van der Waals surface area (Å²) in [6, 6.07) is 0. The highest BCUT2D eigenvalue weighted by molar-refractivity contribution is 7.45. The van der Waals surface area contributed by atoms with E-state index in [2.05, 4.69) is 34.6 Å². The fraction of sp³-hybridized carbons (Fsp3) is 1.00. The van der Waals surface area contributed by atoms with Crippen molar-refractivity contribution in [2.75, 3.05) is 19.8 Å². The van der Waals surface area contributed by atoms with Crippen LogP contribution in [0.4, 0.5) is 0 Å². The first kappa shape index (κ1) is 55.4. The van der Waals surface area contributed by atoms with Gasteiger partial charge in [-0.3, -0.25) is 0 Å². The van der Waals surface area contributed by atoms with E-state index in [-0.39, 0.29) is 0 Å². The maximum Gasteiger partial charge on any atom is 0.466 e. The molecule has 0 aromatic heterocycles. The second-order valence-electron chi connectivity index (χ2n) is 15.6. The van der Waals surface area contributed by atoms with Gasteiger partial charge < -0.3 is 25.2 Å². The van der Waals surface area contributed by atoms with E-state index in [0.717, 1.165) is 31.6 Å². The average molecular weight is 750 g/mol. The predicted octanol–water partition coefficient (Wildman–Crippen LogP) is 14.6. The minimum absolute atomic E-state index is 0.807. The second kappa shape index (κ2) is 48.0. The third kappa shape index (κ3) is 59.5. The first-order valence-electron chi connectivity index (χ1n) is 22.8. The maximum atomic E-state index is 8.88. The lowest BCUT2D eigenvalue weighted by Crippen LogP contribution is -2.16. The molecule has 5 N–H and O–H groups in total. The molecule has 0 aliphatic rings. The van der Waals surface area contributed by atoms with Crippen LogP contribution in [0.15, 0.2) is 0 Å². The lowest BCUT2D eigenvalue weighted by Gasteiger charge is -2.21. The molecule has 0 aliphatic carbocycles. The van der Waals surface area contributed by atoms with Gasteiger partial charge in [0, 0.05) is 13.2 Å². The first-order chi connectivity index (χ1) is 24.7. The van der Waals surface area contributed by atoms with Crippen LogP contribution < -0.4 is 5.73 Å². The lowest BCUT2D eigenvalue weighted by atomic mass is 9.93. The Balaban J connectivity index is -0.00000137. The van der Waals surface area contributed by atoms with Crippen molar-refractivity contribution in [1.29, 1.82) is 0 Å². The van der Waals surface area contributed by atoms with Crippen LogP contribution >= 0.6 is 7.82 Å². The Morgan fingerprint density at radius 3 is 0.804 bits per heavy atom. The molecule has 0 bridgehead atoms. The van der Waals surface area contributed by atoms with Crippen molar-refractivity contribution in [1.82, 2.24) is 0 Å². The molecule has 0 aliphatic heterocycles. The fourth-order valence-electron chi connectivity index (χ4n) is 6.80. The normalized spacial score (nSPS) is 11.5. The van der Waals surface area contributed by atoms with Crippen LogP contribution in [0.25, 0.3) is 0 Å². The van der Waals surface area contributed by atoms with Gasteiger partial charge in [-0.15, -0.1) is 0 Å². The Morgan fingerprint density at radius 1 is 0.392 bits per heavy atom. The van der Waals surface area contributed by atoms with Crippen LogP contribution in [0, 0.1) is 11.8 Å². The molecule has 0 atom stereocenters. The Hall–Kier alpha value is 0.0300. The van der Waals surface area contributed by atoms with Crippen molar-refractivity contribution >= 4 is 7.82 Å². The van der Waals surface area contributed by atoms with Crippen LogP contribution in [0.3, 0.4) is 0 Å². The zero-order valence-corrected chi connectivity index (χ0v) is 36.4. The van der Waals surface area contributed by atoms with Gasteiger partial charge in [-0.25, -0.2) is 4.57 Å². The average Bonchev–Trinajstić information content (AvgIpc) is 3.09. The molecule has 6 nitrogen and oxygen atoms in total. The van der Waals surface area contributed by atoms with Crippen molar-refractivity contribution in [2.24, 2.45) is 17.6 Å². The van der Waals surface area contributed by atoms with Crippen LogP contribution in [-0.2, 0) is 9.30 Å². The van der Waals surface area contributed by atoms with Crippen molar-refractivity contribution in [3.8, 4) is 0 Å². The van der Waals surface area contributed by atoms with E-state index in [9.17, 15) is 0 Å². The summed E-state index contributed by atoms with van der Waals surface area (Å²) in [6.45, 7) is 14.5. The largest absolute Gasteiger partial charge is 0.466 e. The molecular formula is C44H96NO5P. The maximum absolute atomic E-state index is 8.88. The zero-order chi connectivity index (χ0) is 38.5. The van der Waals surface area contributed by atoms with E-state index in [1.807, 2.05) is 0 Å². The van der Waals surface area contributed by atoms with Crippen molar-refractivity contribution < 1.29 is 24.0 Å². The van der Waals surface area contributed by atoms with Gasteiger partial charge >= 0.3 is 7.82 Å². The van der Waals surface area contributed by atoms with Gasteiger partial charge in [0.15, 0.2) is 0 Å². The topological polar surface area (TPSA) is 113 Å². The Kier molecular flexibility index (Phi) is 52.2. The van der Waals surface area contributed by atoms with Crippen molar-refractivity contribution in [2.45, 2.75) is 253 Å². The summed E-state index contributed by atoms with van der Waals surface area (Å²) in [5.41, 5.74) is 5.34. The summed E-state index contributed by atoms with van der Waals surface area (Å²) < 4.78 is 15.4. The number of phosphoric acid groups is 1. The molecule has 0 rings (SSSR count). The predicted molar refractivity (Wildman–Crippen MR) is 226 cm³/mol. The molecule has 0 spiro atoms. The van der Waals surface area contributed by atoms with Crippen LogP contribution in [-0.4, -0.2) is 34.4 Å². The number of hydrogen-bond donors (Lipinski definition) is 4. The van der Waals surface area contributed by atoms with Gasteiger partial charge in [0.25, 0.3) is 0 Å². The molecule has 7 heteroatoms. The summed E-state index contributed by atoms with van der Waals surface area (Å²) in [4.78, 5) is 21.6. The minimum Gasteiger partial charge on any atom is -0.381 e. The number of rotatable bonds is 38. The second-order valence-corrected chi connectivity index (χ2v) is 16.6. The molecule has 0 saturated carbocycles. The van der Waals surface area contributed by atoms with E-state index in [1.165, 1.54) is 218 Å². The minimum atomic E-state index is -4.64. The number of hydrogen-bond acceptors (Lipinski definition) is 3. The lowest BCUT2D eigenvalue weighted by molar-refractivity contribution is 0.0587. The van der Waals surface area contributed by atoms with Gasteiger partial charge in [0.1, 0.15) is 0 Å². The molecule has 0 saturated heterocycles. The third-order valence-electron chi connectivity index (χ3n) is 10.1. The molecule has 0 aromatic carbocycles. The van der Waals surface area contributed by atoms with E-state index in [0.29, 0.717) is 0 Å². The molecule has 0 fully saturated rings. The highest BCUT2D eigenvalue weighted by Gasteiger charge is 2.13. The van der Waals surface area contributed by atoms with E-state index in [4.69, 9.17) is 29.7 Å². The number of ether oxygens (including phenoxy) is 1.